The third-order valence-electron chi connectivity index (χ3n) is 5.24. The van der Waals surface area contributed by atoms with Crippen molar-refractivity contribution >= 4 is 23.3 Å². The number of nitrogens with zero attached hydrogens (tertiary/aromatic N) is 1. The molecule has 0 radical (unpaired) electrons. The second-order valence-corrected chi connectivity index (χ2v) is 7.27. The number of urea groups is 1. The molecule has 5 nitrogen and oxygen atoms in total. The van der Waals surface area contributed by atoms with Crippen molar-refractivity contribution < 1.29 is 14.0 Å². The highest BCUT2D eigenvalue weighted by Crippen LogP contribution is 2.30. The summed E-state index contributed by atoms with van der Waals surface area (Å²) in [6.07, 6.45) is 0.776. The fourth-order valence-corrected chi connectivity index (χ4v) is 3.63. The molecule has 152 valence electrons. The van der Waals surface area contributed by atoms with E-state index in [4.69, 9.17) is 0 Å². The molecule has 1 aliphatic heterocycles. The molecule has 3 aromatic rings. The van der Waals surface area contributed by atoms with E-state index >= 15 is 0 Å². The quantitative estimate of drug-likeness (QED) is 0.670. The molecule has 0 aliphatic carbocycles. The monoisotopic (exact) mass is 403 g/mol. The van der Waals surface area contributed by atoms with Crippen molar-refractivity contribution in [3.05, 3.63) is 95.3 Å². The van der Waals surface area contributed by atoms with Crippen LogP contribution in [0.25, 0.3) is 0 Å². The number of fused-ring (bicyclic) bond motifs is 1. The minimum absolute atomic E-state index is 0.212. The molecule has 2 N–H and O–H groups in total. The maximum absolute atomic E-state index is 13.8. The van der Waals surface area contributed by atoms with Gasteiger partial charge < -0.3 is 15.5 Å². The normalized spacial score (nSPS) is 13.5. The lowest BCUT2D eigenvalue weighted by Gasteiger charge is -2.25. The Morgan fingerprint density at radius 3 is 2.50 bits per heavy atom. The minimum atomic E-state index is -0.868. The molecule has 6 heteroatoms. The Morgan fingerprint density at radius 2 is 1.73 bits per heavy atom. The lowest BCUT2D eigenvalue weighted by atomic mass is 10.1. The largest absolute Gasteiger partial charge is 0.322 e. The highest BCUT2D eigenvalue weighted by atomic mass is 19.1. The Labute approximate surface area is 174 Å². The number of nitrogens with one attached hydrogen (secondary N) is 2. The number of carbonyl (C=O) groups excluding carboxylic acids is 2. The number of rotatable bonds is 4. The zero-order chi connectivity index (χ0) is 21.1. The molecule has 3 amide bonds. The average Bonchev–Trinajstić information content (AvgIpc) is 3.19. The summed E-state index contributed by atoms with van der Waals surface area (Å²) in [5.41, 5.74) is 3.47. The Balaban J connectivity index is 1.57. The first-order valence-electron chi connectivity index (χ1n) is 9.81. The smallest absolute Gasteiger partial charge is 0.320 e. The van der Waals surface area contributed by atoms with Gasteiger partial charge in [0.15, 0.2) is 0 Å². The summed E-state index contributed by atoms with van der Waals surface area (Å²) in [6, 6.07) is 19.9. The average molecular weight is 403 g/mol. The molecule has 1 heterocycles. The maximum atomic E-state index is 13.8. The minimum Gasteiger partial charge on any atom is -0.322 e. The van der Waals surface area contributed by atoms with Gasteiger partial charge in [-0.2, -0.15) is 0 Å². The van der Waals surface area contributed by atoms with E-state index in [-0.39, 0.29) is 5.91 Å². The molecular weight excluding hydrogens is 381 g/mol. The SMILES string of the molecule is Cc1ccc(NC(=O)N[C@H](C(=O)N2CCc3ccccc32)c2ccccc2)cc1F. The van der Waals surface area contributed by atoms with E-state index in [1.165, 1.54) is 6.07 Å². The molecule has 0 aromatic heterocycles. The number of amides is 3. The van der Waals surface area contributed by atoms with Gasteiger partial charge in [0.05, 0.1) is 0 Å². The summed E-state index contributed by atoms with van der Waals surface area (Å²) < 4.78 is 13.8. The zero-order valence-electron chi connectivity index (χ0n) is 16.6. The van der Waals surface area contributed by atoms with Gasteiger partial charge in [-0.15, -0.1) is 0 Å². The Hall–Kier alpha value is -3.67. The topological polar surface area (TPSA) is 61.4 Å². The van der Waals surface area contributed by atoms with E-state index in [1.54, 1.807) is 36.1 Å². The summed E-state index contributed by atoms with van der Waals surface area (Å²) in [4.78, 5) is 27.8. The molecule has 1 atom stereocenters. The number of hydrogen-bond donors (Lipinski definition) is 2. The molecule has 0 fully saturated rings. The van der Waals surface area contributed by atoms with Crippen LogP contribution in [0.3, 0.4) is 0 Å². The van der Waals surface area contributed by atoms with E-state index in [9.17, 15) is 14.0 Å². The summed E-state index contributed by atoms with van der Waals surface area (Å²) >= 11 is 0. The molecule has 0 saturated carbocycles. The van der Waals surface area contributed by atoms with Crippen molar-refractivity contribution in [2.45, 2.75) is 19.4 Å². The summed E-state index contributed by atoms with van der Waals surface area (Å²) in [6.45, 7) is 2.21. The van der Waals surface area contributed by atoms with Crippen LogP contribution in [0.5, 0.6) is 0 Å². The van der Waals surface area contributed by atoms with Gasteiger partial charge in [0.2, 0.25) is 0 Å². The van der Waals surface area contributed by atoms with Gasteiger partial charge in [-0.05, 0) is 48.2 Å². The van der Waals surface area contributed by atoms with Crippen molar-refractivity contribution in [2.75, 3.05) is 16.8 Å². The highest BCUT2D eigenvalue weighted by molar-refractivity contribution is 6.02. The molecule has 3 aromatic carbocycles. The van der Waals surface area contributed by atoms with Gasteiger partial charge in [-0.25, -0.2) is 9.18 Å². The number of hydrogen-bond acceptors (Lipinski definition) is 2. The zero-order valence-corrected chi connectivity index (χ0v) is 16.6. The molecule has 4 rings (SSSR count). The van der Waals surface area contributed by atoms with Gasteiger partial charge in [-0.1, -0.05) is 54.6 Å². The highest BCUT2D eigenvalue weighted by Gasteiger charge is 2.32. The number of para-hydroxylation sites is 1. The second kappa shape index (κ2) is 8.37. The van der Waals surface area contributed by atoms with Crippen molar-refractivity contribution in [2.24, 2.45) is 0 Å². The Bertz CT molecular complexity index is 1080. The van der Waals surface area contributed by atoms with Gasteiger partial charge in [0.1, 0.15) is 11.9 Å². The first-order valence-corrected chi connectivity index (χ1v) is 9.81. The van der Waals surface area contributed by atoms with Crippen LogP contribution < -0.4 is 15.5 Å². The van der Waals surface area contributed by atoms with Crippen LogP contribution in [0, 0.1) is 12.7 Å². The van der Waals surface area contributed by atoms with Crippen LogP contribution in [-0.2, 0) is 11.2 Å². The van der Waals surface area contributed by atoms with Crippen molar-refractivity contribution in [3.8, 4) is 0 Å². The third-order valence-corrected chi connectivity index (χ3v) is 5.24. The molecule has 0 bridgehead atoms. The predicted molar refractivity (Wildman–Crippen MR) is 115 cm³/mol. The molecular formula is C24H22FN3O2. The Morgan fingerprint density at radius 1 is 1.00 bits per heavy atom. The molecule has 0 saturated heterocycles. The third kappa shape index (κ3) is 4.03. The summed E-state index contributed by atoms with van der Waals surface area (Å²) in [7, 11) is 0. The molecule has 1 aliphatic rings. The van der Waals surface area contributed by atoms with Gasteiger partial charge in [0, 0.05) is 17.9 Å². The molecule has 0 unspecified atom stereocenters. The van der Waals surface area contributed by atoms with Gasteiger partial charge in [-0.3, -0.25) is 4.79 Å². The van der Waals surface area contributed by atoms with E-state index in [0.717, 1.165) is 17.7 Å². The van der Waals surface area contributed by atoms with Crippen LogP contribution >= 0.6 is 0 Å². The van der Waals surface area contributed by atoms with Crippen molar-refractivity contribution in [1.82, 2.24) is 5.32 Å². The van der Waals surface area contributed by atoms with E-state index in [2.05, 4.69) is 10.6 Å². The van der Waals surface area contributed by atoms with Crippen molar-refractivity contribution in [3.63, 3.8) is 0 Å². The van der Waals surface area contributed by atoms with Crippen LogP contribution in [0.4, 0.5) is 20.6 Å². The van der Waals surface area contributed by atoms with Crippen LogP contribution in [-0.4, -0.2) is 18.5 Å². The fraction of sp³-hybridized carbons (Fsp3) is 0.167. The molecule has 30 heavy (non-hydrogen) atoms. The van der Waals surface area contributed by atoms with Crippen LogP contribution in [0.1, 0.15) is 22.7 Å². The number of benzene rings is 3. The number of aryl methyl sites for hydroxylation is 1. The number of carbonyl (C=O) groups is 2. The first kappa shape index (κ1) is 19.6. The summed E-state index contributed by atoms with van der Waals surface area (Å²) in [5.74, 6) is -0.617. The van der Waals surface area contributed by atoms with Crippen LogP contribution in [0.2, 0.25) is 0 Å². The Kier molecular flexibility index (Phi) is 5.48. The second-order valence-electron chi connectivity index (χ2n) is 7.27. The van der Waals surface area contributed by atoms with E-state index in [0.29, 0.717) is 23.4 Å². The number of halogens is 1. The summed E-state index contributed by atoms with van der Waals surface area (Å²) in [5, 5.41) is 5.37. The maximum Gasteiger partial charge on any atom is 0.320 e. The fourth-order valence-electron chi connectivity index (χ4n) is 3.63. The van der Waals surface area contributed by atoms with Crippen LogP contribution in [0.15, 0.2) is 72.8 Å². The van der Waals surface area contributed by atoms with Gasteiger partial charge in [0.25, 0.3) is 5.91 Å². The van der Waals surface area contributed by atoms with Gasteiger partial charge >= 0.3 is 6.03 Å². The predicted octanol–water partition coefficient (Wildman–Crippen LogP) is 4.59. The van der Waals surface area contributed by atoms with E-state index < -0.39 is 17.9 Å². The van der Waals surface area contributed by atoms with Crippen molar-refractivity contribution in [1.29, 1.82) is 0 Å². The van der Waals surface area contributed by atoms with E-state index in [1.807, 2.05) is 42.5 Å². The lowest BCUT2D eigenvalue weighted by Crippen LogP contribution is -2.43. The lowest BCUT2D eigenvalue weighted by molar-refractivity contribution is -0.120. The number of anilines is 2. The first-order chi connectivity index (χ1) is 14.5. The molecule has 0 spiro atoms. The standard InChI is InChI=1S/C24H22FN3O2/c1-16-11-12-19(15-20(16)25)26-24(30)27-22(18-8-3-2-4-9-18)23(29)28-14-13-17-7-5-6-10-21(17)28/h2-12,15,22H,13-14H2,1H3,(H2,26,27,30)/t22-/m0/s1.